The standard InChI is InChI=1S/C22H20N2O4/c1-26-20-5-3-4-6-21(20)28-19-13-11-18(12-14-19)24-22(25)17-9-7-16(8-10-17)15-23-27-2/h3-15H,1-2H3,(H,24,25)/b23-15+. The summed E-state index contributed by atoms with van der Waals surface area (Å²) in [5, 5.41) is 6.55. The van der Waals surface area contributed by atoms with Gasteiger partial charge in [0, 0.05) is 11.3 Å². The van der Waals surface area contributed by atoms with Gasteiger partial charge in [0.2, 0.25) is 0 Å². The Bertz CT molecular complexity index is 951. The minimum atomic E-state index is -0.200. The molecule has 0 unspecified atom stereocenters. The van der Waals surface area contributed by atoms with Gasteiger partial charge in [0.05, 0.1) is 13.3 Å². The van der Waals surface area contributed by atoms with Crippen molar-refractivity contribution in [2.24, 2.45) is 5.16 Å². The first-order chi connectivity index (χ1) is 13.7. The van der Waals surface area contributed by atoms with Crippen LogP contribution >= 0.6 is 0 Å². The quantitative estimate of drug-likeness (QED) is 0.478. The second kappa shape index (κ2) is 9.23. The largest absolute Gasteiger partial charge is 0.493 e. The molecule has 0 spiro atoms. The average molecular weight is 376 g/mol. The van der Waals surface area contributed by atoms with Crippen molar-refractivity contribution in [2.75, 3.05) is 19.5 Å². The first kappa shape index (κ1) is 19.0. The normalized spacial score (nSPS) is 10.5. The van der Waals surface area contributed by atoms with Gasteiger partial charge in [0.25, 0.3) is 5.91 Å². The number of ether oxygens (including phenoxy) is 2. The van der Waals surface area contributed by atoms with E-state index in [-0.39, 0.29) is 5.91 Å². The van der Waals surface area contributed by atoms with Crippen molar-refractivity contribution >= 4 is 17.8 Å². The molecule has 28 heavy (non-hydrogen) atoms. The van der Waals surface area contributed by atoms with Crippen LogP contribution in [0.4, 0.5) is 5.69 Å². The van der Waals surface area contributed by atoms with E-state index in [9.17, 15) is 4.79 Å². The lowest BCUT2D eigenvalue weighted by Crippen LogP contribution is -2.11. The van der Waals surface area contributed by atoms with Crippen LogP contribution in [0.3, 0.4) is 0 Å². The fraction of sp³-hybridized carbons (Fsp3) is 0.0909. The maximum atomic E-state index is 12.4. The zero-order valence-electron chi connectivity index (χ0n) is 15.6. The molecule has 0 saturated heterocycles. The van der Waals surface area contributed by atoms with Gasteiger partial charge in [0.1, 0.15) is 12.9 Å². The molecule has 3 rings (SSSR count). The summed E-state index contributed by atoms with van der Waals surface area (Å²) in [4.78, 5) is 17.0. The van der Waals surface area contributed by atoms with E-state index in [0.29, 0.717) is 28.5 Å². The third kappa shape index (κ3) is 4.88. The smallest absolute Gasteiger partial charge is 0.255 e. The van der Waals surface area contributed by atoms with Gasteiger partial charge in [0.15, 0.2) is 11.5 Å². The number of amides is 1. The molecule has 0 fully saturated rings. The molecule has 1 amide bonds. The van der Waals surface area contributed by atoms with E-state index in [1.165, 1.54) is 7.11 Å². The van der Waals surface area contributed by atoms with Crippen molar-refractivity contribution < 1.29 is 19.1 Å². The number of anilines is 1. The molecule has 1 N–H and O–H groups in total. The Morgan fingerprint density at radius 3 is 2.21 bits per heavy atom. The van der Waals surface area contributed by atoms with Crippen molar-refractivity contribution in [3.63, 3.8) is 0 Å². The van der Waals surface area contributed by atoms with Gasteiger partial charge in [-0.2, -0.15) is 0 Å². The molecule has 0 heterocycles. The van der Waals surface area contributed by atoms with E-state index in [2.05, 4.69) is 15.3 Å². The summed E-state index contributed by atoms with van der Waals surface area (Å²) >= 11 is 0. The molecule has 0 aliphatic rings. The van der Waals surface area contributed by atoms with E-state index in [1.807, 2.05) is 24.3 Å². The number of hydrogen-bond donors (Lipinski definition) is 1. The van der Waals surface area contributed by atoms with Crippen LogP contribution in [0.2, 0.25) is 0 Å². The van der Waals surface area contributed by atoms with Crippen molar-refractivity contribution in [2.45, 2.75) is 0 Å². The third-order valence-corrected chi connectivity index (χ3v) is 3.89. The monoisotopic (exact) mass is 376 g/mol. The zero-order valence-corrected chi connectivity index (χ0v) is 15.6. The second-order valence-corrected chi connectivity index (χ2v) is 5.77. The van der Waals surface area contributed by atoms with Crippen LogP contribution < -0.4 is 14.8 Å². The molecule has 0 bridgehead atoms. The highest BCUT2D eigenvalue weighted by molar-refractivity contribution is 6.04. The van der Waals surface area contributed by atoms with E-state index >= 15 is 0 Å². The molecule has 0 aliphatic carbocycles. The molecule has 0 atom stereocenters. The molecule has 0 radical (unpaired) electrons. The highest BCUT2D eigenvalue weighted by Gasteiger charge is 2.07. The predicted molar refractivity (Wildman–Crippen MR) is 109 cm³/mol. The second-order valence-electron chi connectivity index (χ2n) is 5.77. The van der Waals surface area contributed by atoms with Crippen molar-refractivity contribution in [1.82, 2.24) is 0 Å². The lowest BCUT2D eigenvalue weighted by Gasteiger charge is -2.11. The molecular formula is C22H20N2O4. The maximum Gasteiger partial charge on any atom is 0.255 e. The molecule has 3 aromatic carbocycles. The first-order valence-corrected chi connectivity index (χ1v) is 8.58. The van der Waals surface area contributed by atoms with Crippen LogP contribution in [0.25, 0.3) is 0 Å². The molecule has 0 aromatic heterocycles. The number of para-hydroxylation sites is 2. The lowest BCUT2D eigenvalue weighted by atomic mass is 10.1. The zero-order chi connectivity index (χ0) is 19.8. The summed E-state index contributed by atoms with van der Waals surface area (Å²) in [5.74, 6) is 1.72. The van der Waals surface area contributed by atoms with Gasteiger partial charge in [-0.05, 0) is 54.1 Å². The van der Waals surface area contributed by atoms with Gasteiger partial charge in [-0.25, -0.2) is 0 Å². The number of nitrogens with zero attached hydrogens (tertiary/aromatic N) is 1. The summed E-state index contributed by atoms with van der Waals surface area (Å²) < 4.78 is 11.1. The predicted octanol–water partition coefficient (Wildman–Crippen LogP) is 4.72. The Morgan fingerprint density at radius 1 is 0.893 bits per heavy atom. The van der Waals surface area contributed by atoms with E-state index in [0.717, 1.165) is 5.56 Å². The van der Waals surface area contributed by atoms with E-state index in [1.54, 1.807) is 61.9 Å². The minimum absolute atomic E-state index is 0.200. The highest BCUT2D eigenvalue weighted by Crippen LogP contribution is 2.31. The summed E-state index contributed by atoms with van der Waals surface area (Å²) in [6.07, 6.45) is 1.57. The van der Waals surface area contributed by atoms with Crippen LogP contribution in [0, 0.1) is 0 Å². The van der Waals surface area contributed by atoms with Gasteiger partial charge in [-0.15, -0.1) is 0 Å². The van der Waals surface area contributed by atoms with Crippen molar-refractivity contribution in [1.29, 1.82) is 0 Å². The molecular weight excluding hydrogens is 356 g/mol. The summed E-state index contributed by atoms with van der Waals surface area (Å²) in [5.41, 5.74) is 2.06. The lowest BCUT2D eigenvalue weighted by molar-refractivity contribution is 0.102. The van der Waals surface area contributed by atoms with E-state index < -0.39 is 0 Å². The molecule has 3 aromatic rings. The molecule has 6 heteroatoms. The first-order valence-electron chi connectivity index (χ1n) is 8.58. The topological polar surface area (TPSA) is 69.2 Å². The number of rotatable bonds is 7. The van der Waals surface area contributed by atoms with E-state index in [4.69, 9.17) is 9.47 Å². The van der Waals surface area contributed by atoms with Crippen molar-refractivity contribution in [3.8, 4) is 17.2 Å². The van der Waals surface area contributed by atoms with Crippen molar-refractivity contribution in [3.05, 3.63) is 83.9 Å². The minimum Gasteiger partial charge on any atom is -0.493 e. The number of hydrogen-bond acceptors (Lipinski definition) is 5. The number of nitrogens with one attached hydrogen (secondary N) is 1. The maximum absolute atomic E-state index is 12.4. The summed E-state index contributed by atoms with van der Waals surface area (Å²) in [6, 6.07) is 21.6. The molecule has 0 saturated carbocycles. The number of carbonyl (C=O) groups excluding carboxylic acids is 1. The number of benzene rings is 3. The fourth-order valence-corrected chi connectivity index (χ4v) is 2.47. The van der Waals surface area contributed by atoms with Crippen LogP contribution in [0.5, 0.6) is 17.2 Å². The van der Waals surface area contributed by atoms with Gasteiger partial charge >= 0.3 is 0 Å². The Morgan fingerprint density at radius 2 is 1.57 bits per heavy atom. The third-order valence-electron chi connectivity index (χ3n) is 3.89. The molecule has 0 aliphatic heterocycles. The van der Waals surface area contributed by atoms with Gasteiger partial charge < -0.3 is 19.6 Å². The number of methoxy groups -OCH3 is 1. The summed E-state index contributed by atoms with van der Waals surface area (Å²) in [6.45, 7) is 0. The molecule has 6 nitrogen and oxygen atoms in total. The Hall–Kier alpha value is -3.80. The SMILES string of the molecule is CO/N=C/c1ccc(C(=O)Nc2ccc(Oc3ccccc3OC)cc2)cc1. The Kier molecular flexibility index (Phi) is 6.25. The van der Waals surface area contributed by atoms with Gasteiger partial charge in [-0.1, -0.05) is 29.4 Å². The Balaban J connectivity index is 1.63. The fourth-order valence-electron chi connectivity index (χ4n) is 2.47. The van der Waals surface area contributed by atoms with Crippen LogP contribution in [0.15, 0.2) is 78.0 Å². The average Bonchev–Trinajstić information content (AvgIpc) is 2.74. The van der Waals surface area contributed by atoms with Crippen LogP contribution in [-0.2, 0) is 4.84 Å². The summed E-state index contributed by atoms with van der Waals surface area (Å²) in [7, 11) is 3.07. The Labute approximate surface area is 163 Å². The number of carbonyl (C=O) groups is 1. The van der Waals surface area contributed by atoms with Gasteiger partial charge in [-0.3, -0.25) is 4.79 Å². The highest BCUT2D eigenvalue weighted by atomic mass is 16.6. The molecule has 142 valence electrons. The van der Waals surface area contributed by atoms with Crippen LogP contribution in [0.1, 0.15) is 15.9 Å². The number of oxime groups is 1. The van der Waals surface area contributed by atoms with Crippen LogP contribution in [-0.4, -0.2) is 26.3 Å².